The Bertz CT molecular complexity index is 1700. The summed E-state index contributed by atoms with van der Waals surface area (Å²) in [5.74, 6) is -3.01. The summed E-state index contributed by atoms with van der Waals surface area (Å²) in [6.45, 7) is 3.84. The van der Waals surface area contributed by atoms with E-state index in [4.69, 9.17) is 34.2 Å². The van der Waals surface area contributed by atoms with E-state index in [2.05, 4.69) is 0 Å². The van der Waals surface area contributed by atoms with Crippen LogP contribution in [0.1, 0.15) is 66.8 Å². The minimum absolute atomic E-state index is 0.000552. The van der Waals surface area contributed by atoms with Gasteiger partial charge >= 0.3 is 11.9 Å². The van der Waals surface area contributed by atoms with Crippen molar-refractivity contribution < 1.29 is 56.4 Å². The molecule has 0 bridgehead atoms. The lowest BCUT2D eigenvalue weighted by molar-refractivity contribution is -0.150. The first kappa shape index (κ1) is 37.3. The number of esters is 2. The first-order chi connectivity index (χ1) is 23.5. The molecule has 0 unspecified atom stereocenters. The number of rotatable bonds is 18. The van der Waals surface area contributed by atoms with E-state index in [1.165, 1.54) is 25.2 Å². The molecular weight excluding hydrogens is 666 g/mol. The average Bonchev–Trinajstić information content (AvgIpc) is 3.73. The number of halogens is 2. The molecule has 15 heteroatoms. The van der Waals surface area contributed by atoms with Crippen molar-refractivity contribution in [1.29, 1.82) is 0 Å². The van der Waals surface area contributed by atoms with Crippen molar-refractivity contribution in [3.05, 3.63) is 45.8 Å². The van der Waals surface area contributed by atoms with Crippen LogP contribution in [0.3, 0.4) is 0 Å². The molecule has 2 N–H and O–H groups in total. The molecule has 0 saturated heterocycles. The van der Waals surface area contributed by atoms with Gasteiger partial charge in [-0.3, -0.25) is 19.2 Å². The van der Waals surface area contributed by atoms with Gasteiger partial charge in [0.2, 0.25) is 5.91 Å². The first-order valence-corrected chi connectivity index (χ1v) is 16.6. The Morgan fingerprint density at radius 1 is 0.898 bits per heavy atom. The number of methoxy groups -OCH3 is 2. The Balaban J connectivity index is 1.35. The van der Waals surface area contributed by atoms with E-state index in [1.54, 1.807) is 26.0 Å². The van der Waals surface area contributed by atoms with Gasteiger partial charge in [-0.25, -0.2) is 8.78 Å². The molecular formula is C34H40F2N2O10S. The third-order valence-electron chi connectivity index (χ3n) is 7.69. The highest BCUT2D eigenvalue weighted by Crippen LogP contribution is 2.41. The summed E-state index contributed by atoms with van der Waals surface area (Å²) in [5.41, 5.74) is 6.30. The number of benzene rings is 2. The summed E-state index contributed by atoms with van der Waals surface area (Å²) in [7, 11) is 2.74. The fraction of sp³-hybridized carbons (Fsp3) is 0.471. The number of thiophene rings is 1. The summed E-state index contributed by atoms with van der Waals surface area (Å²) in [5, 5.41) is 0.176. The van der Waals surface area contributed by atoms with Crippen LogP contribution in [0.4, 0.5) is 8.78 Å². The minimum Gasteiger partial charge on any atom is -0.493 e. The Morgan fingerprint density at radius 2 is 1.55 bits per heavy atom. The van der Waals surface area contributed by atoms with Gasteiger partial charge in [-0.2, -0.15) is 0 Å². The van der Waals surface area contributed by atoms with E-state index in [0.29, 0.717) is 15.1 Å². The highest BCUT2D eigenvalue weighted by Gasteiger charge is 2.30. The Morgan fingerprint density at radius 3 is 2.20 bits per heavy atom. The molecule has 3 aromatic rings. The van der Waals surface area contributed by atoms with Gasteiger partial charge < -0.3 is 39.1 Å². The second kappa shape index (κ2) is 17.2. The van der Waals surface area contributed by atoms with Gasteiger partial charge in [0.25, 0.3) is 0 Å². The normalized spacial score (nSPS) is 12.8. The van der Waals surface area contributed by atoms with Gasteiger partial charge in [-0.1, -0.05) is 0 Å². The van der Waals surface area contributed by atoms with Crippen LogP contribution in [0.25, 0.3) is 10.1 Å². The Labute approximate surface area is 286 Å². The molecule has 2 aromatic carbocycles. The molecule has 1 atom stereocenters. The molecule has 1 amide bonds. The number of ketones is 1. The highest BCUT2D eigenvalue weighted by molar-refractivity contribution is 7.20. The molecule has 1 aliphatic rings. The van der Waals surface area contributed by atoms with Crippen molar-refractivity contribution in [3.63, 3.8) is 0 Å². The number of hydrogen-bond donors (Lipinski definition) is 1. The molecule has 266 valence electrons. The maximum absolute atomic E-state index is 15.6. The van der Waals surface area contributed by atoms with Crippen molar-refractivity contribution in [3.8, 4) is 23.0 Å². The second-order valence-electron chi connectivity index (χ2n) is 11.2. The van der Waals surface area contributed by atoms with Gasteiger partial charge in [0.05, 0.1) is 51.8 Å². The quantitative estimate of drug-likeness (QED) is 0.107. The molecule has 0 saturated carbocycles. The number of nitrogens with zero attached hydrogens (tertiary/aromatic N) is 1. The summed E-state index contributed by atoms with van der Waals surface area (Å²) < 4.78 is 63.8. The number of fused-ring (bicyclic) bond motifs is 2. The predicted molar refractivity (Wildman–Crippen MR) is 175 cm³/mol. The van der Waals surface area contributed by atoms with Gasteiger partial charge in [-0.05, 0) is 31.5 Å². The number of ether oxygens (including phenoxy) is 6. The molecule has 1 aliphatic heterocycles. The van der Waals surface area contributed by atoms with Gasteiger partial charge in [0.1, 0.15) is 6.10 Å². The van der Waals surface area contributed by atoms with Crippen molar-refractivity contribution >= 4 is 45.1 Å². The van der Waals surface area contributed by atoms with Crippen LogP contribution in [-0.4, -0.2) is 75.2 Å². The number of carbonyl (C=O) groups excluding carboxylic acids is 4. The number of nitrogens with two attached hydrogens (primary N) is 1. The SMILES string of the molecule is CCOC(=O)CCC(=O)c1cc2c(F)c(OCCCOc3c(OC)cc4c(c3F)CN(C(=O)CCC(=O)O[C@@H](C)CN)C4)c(OC)cc2s1. The van der Waals surface area contributed by atoms with Crippen molar-refractivity contribution in [2.45, 2.75) is 65.1 Å². The van der Waals surface area contributed by atoms with Crippen LogP contribution in [-0.2, 0) is 36.9 Å². The summed E-state index contributed by atoms with van der Waals surface area (Å²) >= 11 is 1.08. The van der Waals surface area contributed by atoms with E-state index < -0.39 is 29.7 Å². The van der Waals surface area contributed by atoms with E-state index >= 15 is 8.78 Å². The van der Waals surface area contributed by atoms with Crippen LogP contribution < -0.4 is 24.7 Å². The lowest BCUT2D eigenvalue weighted by Crippen LogP contribution is -2.27. The largest absolute Gasteiger partial charge is 0.493 e. The third-order valence-corrected chi connectivity index (χ3v) is 8.81. The molecule has 4 rings (SSSR count). The van der Waals surface area contributed by atoms with Crippen molar-refractivity contribution in [2.24, 2.45) is 5.73 Å². The maximum Gasteiger partial charge on any atom is 0.306 e. The van der Waals surface area contributed by atoms with Crippen molar-refractivity contribution in [1.82, 2.24) is 4.90 Å². The zero-order valence-electron chi connectivity index (χ0n) is 27.9. The van der Waals surface area contributed by atoms with Crippen LogP contribution in [0.5, 0.6) is 23.0 Å². The second-order valence-corrected chi connectivity index (χ2v) is 12.3. The molecule has 1 aromatic heterocycles. The Hall–Kier alpha value is -4.50. The van der Waals surface area contributed by atoms with E-state index in [-0.39, 0.29) is 117 Å². The third kappa shape index (κ3) is 9.15. The van der Waals surface area contributed by atoms with Gasteiger partial charge in [0, 0.05) is 60.6 Å². The van der Waals surface area contributed by atoms with Crippen molar-refractivity contribution in [2.75, 3.05) is 40.6 Å². The predicted octanol–water partition coefficient (Wildman–Crippen LogP) is 5.08. The number of Topliss-reactive ketones (excluding diaryl/α,β-unsaturated/α-hetero) is 1. The standard InChI is InChI=1S/C34H40F2N2O10S/c1-5-45-29(41)9-7-23(39)27-14-21-26(49-27)15-25(44-4)34(31(21)35)47-12-6-11-46-33-24(43-3)13-20-17-38(18-22(20)32(33)36)28(40)8-10-30(42)48-19(2)16-37/h13-15,19H,5-12,16-18,37H2,1-4H3/t19-/m0/s1. The molecule has 0 fully saturated rings. The monoisotopic (exact) mass is 706 g/mol. The van der Waals surface area contributed by atoms with Gasteiger partial charge in [0.15, 0.2) is 40.4 Å². The zero-order valence-corrected chi connectivity index (χ0v) is 28.7. The molecule has 12 nitrogen and oxygen atoms in total. The molecule has 49 heavy (non-hydrogen) atoms. The zero-order chi connectivity index (χ0) is 35.7. The molecule has 2 heterocycles. The smallest absolute Gasteiger partial charge is 0.306 e. The summed E-state index contributed by atoms with van der Waals surface area (Å²) in [6, 6.07) is 4.61. The average molecular weight is 707 g/mol. The molecule has 0 spiro atoms. The van der Waals surface area contributed by atoms with Crippen LogP contribution in [0, 0.1) is 11.6 Å². The number of hydrogen-bond acceptors (Lipinski definition) is 12. The first-order valence-electron chi connectivity index (χ1n) is 15.8. The van der Waals surface area contributed by atoms with Crippen LogP contribution in [0.2, 0.25) is 0 Å². The number of carbonyl (C=O) groups is 4. The highest BCUT2D eigenvalue weighted by atomic mass is 32.1. The topological polar surface area (TPSA) is 153 Å². The minimum atomic E-state index is -0.705. The summed E-state index contributed by atoms with van der Waals surface area (Å²) in [4.78, 5) is 50.7. The lowest BCUT2D eigenvalue weighted by atomic mass is 10.1. The fourth-order valence-corrected chi connectivity index (χ4v) is 6.18. The Kier molecular flexibility index (Phi) is 13.1. The van der Waals surface area contributed by atoms with Crippen LogP contribution >= 0.6 is 11.3 Å². The lowest BCUT2D eigenvalue weighted by Gasteiger charge is -2.16. The molecule has 0 aliphatic carbocycles. The van der Waals surface area contributed by atoms with Crippen LogP contribution in [0.15, 0.2) is 18.2 Å². The molecule has 0 radical (unpaired) electrons. The van der Waals surface area contributed by atoms with Gasteiger partial charge in [-0.15, -0.1) is 11.3 Å². The summed E-state index contributed by atoms with van der Waals surface area (Å²) in [6.07, 6.45) is -0.564. The van der Waals surface area contributed by atoms with E-state index in [0.717, 1.165) is 11.3 Å². The van der Waals surface area contributed by atoms with E-state index in [1.807, 2.05) is 0 Å². The maximum atomic E-state index is 15.6. The fourth-order valence-electron chi connectivity index (χ4n) is 5.12. The van der Waals surface area contributed by atoms with E-state index in [9.17, 15) is 19.2 Å². The number of amides is 1.